The summed E-state index contributed by atoms with van der Waals surface area (Å²) in [6.45, 7) is 4.13. The standard InChI is InChI=1S/C15H21FN2O2/c1-10(7-14(19)18-9-11(2)17-3)15(20)12-5-4-6-13(16)8-12/h4-6,8,10-11,17H,7,9H2,1-3H3,(H,18,19). The van der Waals surface area contributed by atoms with Crippen LogP contribution < -0.4 is 10.6 Å². The fraction of sp³-hybridized carbons (Fsp3) is 0.467. The number of hydrogen-bond acceptors (Lipinski definition) is 3. The van der Waals surface area contributed by atoms with E-state index < -0.39 is 11.7 Å². The molecule has 0 fully saturated rings. The molecule has 0 aliphatic heterocycles. The number of carbonyl (C=O) groups excluding carboxylic acids is 2. The molecule has 0 aliphatic carbocycles. The normalized spacial score (nSPS) is 13.6. The molecule has 0 aromatic heterocycles. The number of hydrogen-bond donors (Lipinski definition) is 2. The molecule has 4 nitrogen and oxygen atoms in total. The van der Waals surface area contributed by atoms with Crippen LogP contribution in [0, 0.1) is 11.7 Å². The van der Waals surface area contributed by atoms with Crippen LogP contribution in [0.3, 0.4) is 0 Å². The summed E-state index contributed by atoms with van der Waals surface area (Å²) in [6, 6.07) is 5.70. The zero-order valence-corrected chi connectivity index (χ0v) is 12.1. The van der Waals surface area contributed by atoms with E-state index in [1.807, 2.05) is 14.0 Å². The molecule has 0 saturated carbocycles. The van der Waals surface area contributed by atoms with Crippen LogP contribution in [0.5, 0.6) is 0 Å². The maximum absolute atomic E-state index is 13.1. The summed E-state index contributed by atoms with van der Waals surface area (Å²) in [6.07, 6.45) is 0.103. The van der Waals surface area contributed by atoms with E-state index in [4.69, 9.17) is 0 Å². The van der Waals surface area contributed by atoms with E-state index >= 15 is 0 Å². The van der Waals surface area contributed by atoms with Gasteiger partial charge >= 0.3 is 0 Å². The Morgan fingerprint density at radius 2 is 2.00 bits per heavy atom. The van der Waals surface area contributed by atoms with Gasteiger partial charge in [-0.05, 0) is 26.1 Å². The second-order valence-electron chi connectivity index (χ2n) is 4.97. The third-order valence-corrected chi connectivity index (χ3v) is 3.15. The lowest BCUT2D eigenvalue weighted by atomic mass is 9.96. The smallest absolute Gasteiger partial charge is 0.220 e. The molecule has 0 spiro atoms. The predicted octanol–water partition coefficient (Wildman–Crippen LogP) is 1.76. The van der Waals surface area contributed by atoms with Crippen molar-refractivity contribution in [2.45, 2.75) is 26.3 Å². The molecule has 5 heteroatoms. The van der Waals surface area contributed by atoms with E-state index in [2.05, 4.69) is 10.6 Å². The van der Waals surface area contributed by atoms with E-state index in [0.717, 1.165) is 0 Å². The first-order valence-electron chi connectivity index (χ1n) is 6.67. The van der Waals surface area contributed by atoms with Gasteiger partial charge in [0.05, 0.1) is 0 Å². The van der Waals surface area contributed by atoms with Gasteiger partial charge in [0.15, 0.2) is 5.78 Å². The molecule has 2 unspecified atom stereocenters. The minimum absolute atomic E-state index is 0.103. The fourth-order valence-corrected chi connectivity index (χ4v) is 1.74. The molecule has 0 saturated heterocycles. The summed E-state index contributed by atoms with van der Waals surface area (Å²) in [5.41, 5.74) is 0.300. The first-order valence-corrected chi connectivity index (χ1v) is 6.67. The van der Waals surface area contributed by atoms with Crippen LogP contribution in [0.15, 0.2) is 24.3 Å². The van der Waals surface area contributed by atoms with Gasteiger partial charge in [-0.2, -0.15) is 0 Å². The Morgan fingerprint density at radius 3 is 2.60 bits per heavy atom. The zero-order valence-electron chi connectivity index (χ0n) is 12.1. The van der Waals surface area contributed by atoms with E-state index in [-0.39, 0.29) is 24.2 Å². The van der Waals surface area contributed by atoms with Crippen LogP contribution in [-0.2, 0) is 4.79 Å². The van der Waals surface area contributed by atoms with Gasteiger partial charge in [0.1, 0.15) is 5.82 Å². The van der Waals surface area contributed by atoms with Crippen molar-refractivity contribution in [3.63, 3.8) is 0 Å². The number of ketones is 1. The number of halogens is 1. The lowest BCUT2D eigenvalue weighted by Crippen LogP contribution is -2.38. The van der Waals surface area contributed by atoms with Crippen LogP contribution in [0.2, 0.25) is 0 Å². The SMILES string of the molecule is CNC(C)CNC(=O)CC(C)C(=O)c1cccc(F)c1. The first-order chi connectivity index (χ1) is 9.43. The maximum Gasteiger partial charge on any atom is 0.220 e. The van der Waals surface area contributed by atoms with Gasteiger partial charge in [0.25, 0.3) is 0 Å². The monoisotopic (exact) mass is 280 g/mol. The number of likely N-dealkylation sites (N-methyl/N-ethyl adjacent to an activating group) is 1. The van der Waals surface area contributed by atoms with Crippen molar-refractivity contribution in [2.24, 2.45) is 5.92 Å². The Balaban J connectivity index is 2.51. The maximum atomic E-state index is 13.1. The van der Waals surface area contributed by atoms with E-state index in [1.54, 1.807) is 13.0 Å². The molecule has 110 valence electrons. The Kier molecular flexibility index (Phi) is 6.31. The highest BCUT2D eigenvalue weighted by Gasteiger charge is 2.19. The molecule has 1 aromatic rings. The van der Waals surface area contributed by atoms with Crippen LogP contribution >= 0.6 is 0 Å². The third kappa shape index (κ3) is 5.09. The molecule has 2 atom stereocenters. The summed E-state index contributed by atoms with van der Waals surface area (Å²) in [7, 11) is 1.81. The number of nitrogens with one attached hydrogen (secondary N) is 2. The molecule has 20 heavy (non-hydrogen) atoms. The largest absolute Gasteiger partial charge is 0.355 e. The van der Waals surface area contributed by atoms with Crippen LogP contribution in [0.1, 0.15) is 30.6 Å². The van der Waals surface area contributed by atoms with Crippen molar-refractivity contribution >= 4 is 11.7 Å². The van der Waals surface area contributed by atoms with Gasteiger partial charge in [-0.3, -0.25) is 9.59 Å². The molecule has 0 bridgehead atoms. The van der Waals surface area contributed by atoms with Gasteiger partial charge in [0, 0.05) is 30.5 Å². The summed E-state index contributed by atoms with van der Waals surface area (Å²) in [4.78, 5) is 23.8. The summed E-state index contributed by atoms with van der Waals surface area (Å²) < 4.78 is 13.1. The van der Waals surface area contributed by atoms with E-state index in [1.165, 1.54) is 18.2 Å². The number of amides is 1. The van der Waals surface area contributed by atoms with Gasteiger partial charge in [-0.1, -0.05) is 19.1 Å². The number of rotatable bonds is 7. The zero-order chi connectivity index (χ0) is 15.1. The van der Waals surface area contributed by atoms with Crippen molar-refractivity contribution in [1.82, 2.24) is 10.6 Å². The molecular weight excluding hydrogens is 259 g/mol. The predicted molar refractivity (Wildman–Crippen MR) is 76.0 cm³/mol. The molecule has 0 radical (unpaired) electrons. The Labute approximate surface area is 118 Å². The highest BCUT2D eigenvalue weighted by Crippen LogP contribution is 2.13. The van der Waals surface area contributed by atoms with Crippen LogP contribution in [0.25, 0.3) is 0 Å². The van der Waals surface area contributed by atoms with E-state index in [9.17, 15) is 14.0 Å². The van der Waals surface area contributed by atoms with Gasteiger partial charge in [0.2, 0.25) is 5.91 Å². The van der Waals surface area contributed by atoms with Gasteiger partial charge in [-0.25, -0.2) is 4.39 Å². The molecule has 0 aliphatic rings. The molecule has 0 heterocycles. The minimum Gasteiger partial charge on any atom is -0.355 e. The van der Waals surface area contributed by atoms with Crippen LogP contribution in [-0.4, -0.2) is 31.3 Å². The van der Waals surface area contributed by atoms with Crippen molar-refractivity contribution in [2.75, 3.05) is 13.6 Å². The molecule has 1 aromatic carbocycles. The molecule has 2 N–H and O–H groups in total. The quantitative estimate of drug-likeness (QED) is 0.748. The summed E-state index contributed by atoms with van der Waals surface area (Å²) >= 11 is 0. The Morgan fingerprint density at radius 1 is 1.30 bits per heavy atom. The molecule has 1 amide bonds. The average molecular weight is 280 g/mol. The first kappa shape index (κ1) is 16.3. The molecule has 1 rings (SSSR count). The molecular formula is C15H21FN2O2. The number of Topliss-reactive ketones (excluding diaryl/α,β-unsaturated/α-hetero) is 1. The second-order valence-corrected chi connectivity index (χ2v) is 4.97. The lowest BCUT2D eigenvalue weighted by Gasteiger charge is -2.14. The summed E-state index contributed by atoms with van der Waals surface area (Å²) in [5, 5.41) is 5.76. The number of carbonyl (C=O) groups is 2. The highest BCUT2D eigenvalue weighted by atomic mass is 19.1. The number of benzene rings is 1. The highest BCUT2D eigenvalue weighted by molar-refractivity contribution is 5.99. The second kappa shape index (κ2) is 7.75. The van der Waals surface area contributed by atoms with E-state index in [0.29, 0.717) is 12.1 Å². The summed E-state index contributed by atoms with van der Waals surface area (Å²) in [5.74, 6) is -1.32. The van der Waals surface area contributed by atoms with Crippen molar-refractivity contribution in [3.05, 3.63) is 35.6 Å². The Bertz CT molecular complexity index is 477. The van der Waals surface area contributed by atoms with Gasteiger partial charge in [-0.15, -0.1) is 0 Å². The van der Waals surface area contributed by atoms with Crippen LogP contribution in [0.4, 0.5) is 4.39 Å². The fourth-order valence-electron chi connectivity index (χ4n) is 1.74. The minimum atomic E-state index is -0.471. The van der Waals surface area contributed by atoms with Crippen molar-refractivity contribution < 1.29 is 14.0 Å². The van der Waals surface area contributed by atoms with Crippen molar-refractivity contribution in [3.8, 4) is 0 Å². The Hall–Kier alpha value is -1.75. The topological polar surface area (TPSA) is 58.2 Å². The van der Waals surface area contributed by atoms with Gasteiger partial charge < -0.3 is 10.6 Å². The third-order valence-electron chi connectivity index (χ3n) is 3.15. The lowest BCUT2D eigenvalue weighted by molar-refractivity contribution is -0.121. The van der Waals surface area contributed by atoms with Crippen molar-refractivity contribution in [1.29, 1.82) is 0 Å². The average Bonchev–Trinajstić information content (AvgIpc) is 2.43.